The van der Waals surface area contributed by atoms with E-state index in [1.54, 1.807) is 0 Å². The second kappa shape index (κ2) is 21.6. The van der Waals surface area contributed by atoms with Crippen LogP contribution in [0.3, 0.4) is 0 Å². The zero-order valence-electron chi connectivity index (χ0n) is 35.2. The molecule has 0 bridgehead atoms. The van der Waals surface area contributed by atoms with Crippen molar-refractivity contribution in [2.24, 2.45) is 4.99 Å². The Morgan fingerprint density at radius 3 is 1.60 bits per heavy atom. The van der Waals surface area contributed by atoms with Crippen LogP contribution < -0.4 is 4.74 Å². The molecule has 298 valence electrons. The summed E-state index contributed by atoms with van der Waals surface area (Å²) in [5.41, 5.74) is 15.6. The van der Waals surface area contributed by atoms with E-state index in [-0.39, 0.29) is 0 Å². The van der Waals surface area contributed by atoms with Crippen molar-refractivity contribution in [2.75, 3.05) is 6.61 Å². The Labute approximate surface area is 356 Å². The molecule has 0 saturated heterocycles. The van der Waals surface area contributed by atoms with Crippen LogP contribution in [0.2, 0.25) is 0 Å². The zero-order chi connectivity index (χ0) is 42.1. The lowest BCUT2D eigenvalue weighted by Crippen LogP contribution is -1.94. The second-order valence-corrected chi connectivity index (χ2v) is 14.3. The molecule has 1 aliphatic heterocycles. The average Bonchev–Trinajstić information content (AvgIpc) is 3.74. The van der Waals surface area contributed by atoms with Gasteiger partial charge in [0.15, 0.2) is 0 Å². The molecule has 0 amide bonds. The molecule has 0 aliphatic carbocycles. The van der Waals surface area contributed by atoms with Crippen molar-refractivity contribution >= 4 is 29.3 Å². The summed E-state index contributed by atoms with van der Waals surface area (Å²) in [6, 6.07) is 68.0. The number of allylic oxidation sites excluding steroid dienone is 1. The van der Waals surface area contributed by atoms with Gasteiger partial charge >= 0.3 is 0 Å². The predicted octanol–water partition coefficient (Wildman–Crippen LogP) is 15.6. The summed E-state index contributed by atoms with van der Waals surface area (Å²) in [6.07, 6.45) is 2.29. The van der Waals surface area contributed by atoms with Gasteiger partial charge in [-0.2, -0.15) is 0 Å². The molecular formula is C57H54N2O. The highest BCUT2D eigenvalue weighted by atomic mass is 16.5. The van der Waals surface area contributed by atoms with Crippen LogP contribution in [0, 0.1) is 12.3 Å². The van der Waals surface area contributed by atoms with Gasteiger partial charge in [-0.05, 0) is 105 Å². The number of benzene rings is 8. The third kappa shape index (κ3) is 10.5. The molecule has 8 aromatic carbocycles. The van der Waals surface area contributed by atoms with Crippen LogP contribution in [0.25, 0.3) is 60.9 Å². The van der Waals surface area contributed by atoms with E-state index >= 15 is 0 Å². The van der Waals surface area contributed by atoms with E-state index in [1.165, 1.54) is 67.1 Å². The van der Waals surface area contributed by atoms with Crippen LogP contribution in [-0.4, -0.2) is 19.5 Å². The fraction of sp³-hybridized carbons (Fsp3) is 0.123. The minimum atomic E-state index is 0.536. The van der Waals surface area contributed by atoms with Crippen LogP contribution in [0.1, 0.15) is 43.9 Å². The van der Waals surface area contributed by atoms with Gasteiger partial charge in [-0.1, -0.05) is 202 Å². The van der Waals surface area contributed by atoms with E-state index in [1.807, 2.05) is 50.2 Å². The molecule has 0 radical (unpaired) electrons. The molecule has 8 aromatic rings. The Hall–Kier alpha value is -7.10. The first-order valence-electron chi connectivity index (χ1n) is 20.8. The number of hydrogen-bond donors (Lipinski definition) is 1. The molecule has 60 heavy (non-hydrogen) atoms. The Kier molecular flexibility index (Phi) is 15.3. The Morgan fingerprint density at radius 1 is 0.550 bits per heavy atom. The van der Waals surface area contributed by atoms with E-state index in [0.29, 0.717) is 6.61 Å². The molecule has 0 fully saturated rings. The molecule has 0 aromatic heterocycles. The van der Waals surface area contributed by atoms with E-state index in [4.69, 9.17) is 10.1 Å². The van der Waals surface area contributed by atoms with E-state index < -0.39 is 0 Å². The molecule has 1 aliphatic rings. The molecule has 1 N–H and O–H groups in total. The molecule has 0 atom stereocenters. The maximum absolute atomic E-state index is 7.83. The topological polar surface area (TPSA) is 45.4 Å². The smallest absolute Gasteiger partial charge is 0.127 e. The normalized spacial score (nSPS) is 11.9. The molecule has 3 nitrogen and oxygen atoms in total. The van der Waals surface area contributed by atoms with Crippen molar-refractivity contribution in [3.8, 4) is 50.3 Å². The van der Waals surface area contributed by atoms with Gasteiger partial charge in [0, 0.05) is 17.4 Å². The number of nitrogens with zero attached hydrogens (tertiary/aromatic N) is 1. The molecule has 1 heterocycles. The Morgan fingerprint density at radius 2 is 1.05 bits per heavy atom. The van der Waals surface area contributed by atoms with Crippen molar-refractivity contribution in [1.82, 2.24) is 0 Å². The summed E-state index contributed by atoms with van der Waals surface area (Å²) in [6.45, 7) is 12.9. The maximum atomic E-state index is 7.83. The van der Waals surface area contributed by atoms with Gasteiger partial charge in [0.25, 0.3) is 0 Å². The van der Waals surface area contributed by atoms with Gasteiger partial charge in [-0.3, -0.25) is 4.99 Å². The van der Waals surface area contributed by atoms with Gasteiger partial charge in [-0.15, -0.1) is 0 Å². The van der Waals surface area contributed by atoms with Crippen LogP contribution in [0.4, 0.5) is 0 Å². The van der Waals surface area contributed by atoms with Gasteiger partial charge in [0.1, 0.15) is 12.4 Å². The van der Waals surface area contributed by atoms with Crippen LogP contribution >= 0.6 is 0 Å². The van der Waals surface area contributed by atoms with Gasteiger partial charge in [0.2, 0.25) is 0 Å². The summed E-state index contributed by atoms with van der Waals surface area (Å²) >= 11 is 0. The summed E-state index contributed by atoms with van der Waals surface area (Å²) in [4.78, 5) is 3.76. The number of ether oxygens (including phenoxy) is 1. The summed E-state index contributed by atoms with van der Waals surface area (Å²) in [5.74, 6) is 0.903. The van der Waals surface area contributed by atoms with Gasteiger partial charge in [-0.25, -0.2) is 0 Å². The quantitative estimate of drug-likeness (QED) is 0.153. The standard InChI is InChI=1S/C34H27NO.C13H12.C8H9N.C2H6/c1-2-23(21-35)33-22-36-34-18-17-27(20-32(33)34)29-14-8-15-30-28(13-7-16-31(29)30)26-12-6-11-25(19-26)24-9-4-3-5-10-24;1-11-6-5-9-13(10-11)12-7-3-2-4-8-12;1-9-7-8-5-3-2-4-6-8;1-2/h3-21,35H,2,22H2,1H3;2-10H,1H3;2-6H,1,7H2;1-2H3/b33-23-,35-21?;;;. The van der Waals surface area contributed by atoms with E-state index in [2.05, 4.69) is 183 Å². The van der Waals surface area contributed by atoms with Crippen molar-refractivity contribution in [3.05, 3.63) is 216 Å². The van der Waals surface area contributed by atoms with E-state index in [0.717, 1.165) is 41.0 Å². The van der Waals surface area contributed by atoms with E-state index in [9.17, 15) is 0 Å². The lowest BCUT2D eigenvalue weighted by molar-refractivity contribution is 0.388. The number of aryl methyl sites for hydroxylation is 1. The highest BCUT2D eigenvalue weighted by Gasteiger charge is 2.21. The minimum absolute atomic E-state index is 0.536. The van der Waals surface area contributed by atoms with Crippen LogP contribution in [-0.2, 0) is 6.54 Å². The summed E-state index contributed by atoms with van der Waals surface area (Å²) < 4.78 is 5.94. The monoisotopic (exact) mass is 782 g/mol. The maximum Gasteiger partial charge on any atom is 0.127 e. The molecule has 0 spiro atoms. The number of fused-ring (bicyclic) bond motifs is 2. The SMILES string of the molecule is C=NCc1ccccc1.CC.CC/C(C=N)=C1\COc2ccc(-c3cccc4c(-c5cccc(-c6ccccc6)c5)cccc34)cc21.Cc1cccc(-c2ccccc2)c1. The summed E-state index contributed by atoms with van der Waals surface area (Å²) in [5, 5.41) is 10.3. The van der Waals surface area contributed by atoms with Crippen LogP contribution in [0.15, 0.2) is 205 Å². The minimum Gasteiger partial charge on any atom is -0.488 e. The number of hydrogen-bond acceptors (Lipinski definition) is 3. The lowest BCUT2D eigenvalue weighted by Gasteiger charge is -2.13. The molecule has 0 saturated carbocycles. The summed E-state index contributed by atoms with van der Waals surface area (Å²) in [7, 11) is 0. The van der Waals surface area contributed by atoms with Gasteiger partial charge < -0.3 is 10.1 Å². The highest BCUT2D eigenvalue weighted by Crippen LogP contribution is 2.41. The first kappa shape index (κ1) is 42.5. The van der Waals surface area contributed by atoms with Crippen LogP contribution in [0.5, 0.6) is 5.75 Å². The number of rotatable bonds is 8. The van der Waals surface area contributed by atoms with Crippen molar-refractivity contribution in [3.63, 3.8) is 0 Å². The molecule has 3 heteroatoms. The average molecular weight is 783 g/mol. The molecular weight excluding hydrogens is 729 g/mol. The van der Waals surface area contributed by atoms with Crippen molar-refractivity contribution in [2.45, 2.75) is 40.7 Å². The molecule has 0 unspecified atom stereocenters. The fourth-order valence-corrected chi connectivity index (χ4v) is 7.43. The highest BCUT2D eigenvalue weighted by molar-refractivity contribution is 6.05. The van der Waals surface area contributed by atoms with Crippen molar-refractivity contribution < 1.29 is 4.74 Å². The molecule has 9 rings (SSSR count). The third-order valence-corrected chi connectivity index (χ3v) is 10.4. The number of aliphatic imine (C=N–C) groups is 1. The lowest BCUT2D eigenvalue weighted by atomic mass is 9.90. The van der Waals surface area contributed by atoms with Gasteiger partial charge in [0.05, 0.1) is 6.54 Å². The predicted molar refractivity (Wildman–Crippen MR) is 259 cm³/mol. The first-order chi connectivity index (χ1) is 29.6. The third-order valence-electron chi connectivity index (χ3n) is 10.4. The first-order valence-corrected chi connectivity index (χ1v) is 20.8. The fourth-order valence-electron chi connectivity index (χ4n) is 7.43. The largest absolute Gasteiger partial charge is 0.488 e. The Bertz CT molecular complexity index is 2660. The van der Waals surface area contributed by atoms with Crippen molar-refractivity contribution in [1.29, 1.82) is 5.41 Å². The second-order valence-electron chi connectivity index (χ2n) is 14.3. The Balaban J connectivity index is 0.000000204. The number of nitrogens with one attached hydrogen (secondary N) is 1. The zero-order valence-corrected chi connectivity index (χ0v) is 35.2.